The van der Waals surface area contributed by atoms with Crippen LogP contribution in [-0.4, -0.2) is 36.2 Å². The van der Waals surface area contributed by atoms with E-state index in [1.54, 1.807) is 6.07 Å². The quantitative estimate of drug-likeness (QED) is 0.666. The molecule has 2 heterocycles. The first-order valence-corrected chi connectivity index (χ1v) is 7.27. The highest BCUT2D eigenvalue weighted by Crippen LogP contribution is 2.28. The number of halogens is 1. The summed E-state index contributed by atoms with van der Waals surface area (Å²) in [5, 5.41) is 18.4. The summed E-state index contributed by atoms with van der Waals surface area (Å²) in [5.74, 6) is 0. The Morgan fingerprint density at radius 1 is 1.32 bits per heavy atom. The van der Waals surface area contributed by atoms with Crippen molar-refractivity contribution in [3.63, 3.8) is 0 Å². The summed E-state index contributed by atoms with van der Waals surface area (Å²) >= 11 is 0. The van der Waals surface area contributed by atoms with Crippen LogP contribution in [0.4, 0.5) is 10.1 Å². The Bertz CT molecular complexity index is 701. The number of nitrogens with zero attached hydrogens (tertiary/aromatic N) is 2. The molecule has 2 N–H and O–H groups in total. The topological polar surface area (TPSA) is 80.1 Å². The van der Waals surface area contributed by atoms with Gasteiger partial charge in [0, 0.05) is 43.1 Å². The van der Waals surface area contributed by atoms with Crippen molar-refractivity contribution in [3.8, 4) is 0 Å². The Balaban J connectivity index is 2.05. The van der Waals surface area contributed by atoms with Crippen LogP contribution in [0.25, 0.3) is 10.9 Å². The average Bonchev–Trinajstić information content (AvgIpc) is 2.55. The number of benzene rings is 1. The van der Waals surface area contributed by atoms with Gasteiger partial charge in [-0.3, -0.25) is 19.5 Å². The maximum Gasteiger partial charge on any atom is 0.273 e. The van der Waals surface area contributed by atoms with Crippen molar-refractivity contribution in [1.29, 1.82) is 0 Å². The first-order valence-electron chi connectivity index (χ1n) is 7.27. The fourth-order valence-electron chi connectivity index (χ4n) is 2.85. The third-order valence-corrected chi connectivity index (χ3v) is 3.92. The zero-order chi connectivity index (χ0) is 15.5. The normalized spacial score (nSPS) is 18.5. The van der Waals surface area contributed by atoms with Gasteiger partial charge < -0.3 is 10.6 Å². The molecule has 6 nitrogen and oxygen atoms in total. The first kappa shape index (κ1) is 14.8. The van der Waals surface area contributed by atoms with Gasteiger partial charge in [0.05, 0.1) is 28.9 Å². The summed E-state index contributed by atoms with van der Waals surface area (Å²) in [5.41, 5.74) is 1.93. The molecule has 3 rings (SSSR count). The number of fused-ring (bicyclic) bond motifs is 1. The fourth-order valence-corrected chi connectivity index (χ4v) is 2.85. The van der Waals surface area contributed by atoms with Gasteiger partial charge in [0.1, 0.15) is 0 Å². The van der Waals surface area contributed by atoms with E-state index in [0.29, 0.717) is 16.5 Å². The number of nitro groups is 1. The monoisotopic (exact) mass is 304 g/mol. The molecule has 0 spiro atoms. The van der Waals surface area contributed by atoms with Crippen LogP contribution in [0.5, 0.6) is 0 Å². The molecule has 1 atom stereocenters. The second kappa shape index (κ2) is 6.33. The number of hydrogen-bond donors (Lipinski definition) is 2. The Labute approximate surface area is 126 Å². The largest absolute Gasteiger partial charge is 0.314 e. The molecule has 1 unspecified atom stereocenters. The number of nitrogens with one attached hydrogen (secondary N) is 2. The number of piperazine rings is 1. The smallest absolute Gasteiger partial charge is 0.273 e. The summed E-state index contributed by atoms with van der Waals surface area (Å²) in [4.78, 5) is 15.2. The molecule has 22 heavy (non-hydrogen) atoms. The van der Waals surface area contributed by atoms with Crippen LogP contribution in [0.15, 0.2) is 24.3 Å². The number of hydrogen-bond acceptors (Lipinski definition) is 5. The van der Waals surface area contributed by atoms with E-state index in [1.807, 2.05) is 12.1 Å². The van der Waals surface area contributed by atoms with Gasteiger partial charge in [0.2, 0.25) is 0 Å². The fraction of sp³-hybridized carbons (Fsp3) is 0.400. The molecular weight excluding hydrogens is 287 g/mol. The number of rotatable bonds is 4. The molecule has 7 heteroatoms. The van der Waals surface area contributed by atoms with E-state index in [-0.39, 0.29) is 18.2 Å². The molecule has 116 valence electrons. The maximum atomic E-state index is 12.8. The molecule has 1 fully saturated rings. The van der Waals surface area contributed by atoms with Crippen LogP contribution in [0.1, 0.15) is 17.3 Å². The number of aryl methyl sites for hydroxylation is 1. The predicted molar refractivity (Wildman–Crippen MR) is 81.7 cm³/mol. The third-order valence-electron chi connectivity index (χ3n) is 3.92. The molecule has 1 aromatic carbocycles. The molecule has 0 aliphatic carbocycles. The molecular formula is C15H17FN4O2. The SMILES string of the molecule is O=[N+]([O-])c1ccc2nc(C3CNCCN3)ccc2c1CCF. The lowest BCUT2D eigenvalue weighted by molar-refractivity contribution is -0.385. The Morgan fingerprint density at radius 3 is 2.86 bits per heavy atom. The van der Waals surface area contributed by atoms with Gasteiger partial charge in [0.25, 0.3) is 5.69 Å². The number of pyridine rings is 1. The molecule has 0 radical (unpaired) electrons. The van der Waals surface area contributed by atoms with Gasteiger partial charge >= 0.3 is 0 Å². The van der Waals surface area contributed by atoms with E-state index in [0.717, 1.165) is 25.3 Å². The summed E-state index contributed by atoms with van der Waals surface area (Å²) in [7, 11) is 0. The minimum atomic E-state index is -0.629. The molecule has 0 saturated carbocycles. The van der Waals surface area contributed by atoms with Gasteiger partial charge in [-0.25, -0.2) is 0 Å². The second-order valence-corrected chi connectivity index (χ2v) is 5.27. The molecule has 0 bridgehead atoms. The zero-order valence-electron chi connectivity index (χ0n) is 12.0. The third kappa shape index (κ3) is 2.77. The first-order chi connectivity index (χ1) is 10.7. The van der Waals surface area contributed by atoms with E-state index in [2.05, 4.69) is 15.6 Å². The van der Waals surface area contributed by atoms with Crippen molar-refractivity contribution in [2.24, 2.45) is 0 Å². The van der Waals surface area contributed by atoms with E-state index < -0.39 is 11.6 Å². The predicted octanol–water partition coefficient (Wildman–Crippen LogP) is 1.89. The van der Waals surface area contributed by atoms with Crippen LogP contribution in [0.2, 0.25) is 0 Å². The molecule has 1 saturated heterocycles. The summed E-state index contributed by atoms with van der Waals surface area (Å²) < 4.78 is 12.8. The summed E-state index contributed by atoms with van der Waals surface area (Å²) in [6, 6.07) is 6.84. The van der Waals surface area contributed by atoms with Crippen LogP contribution in [0.3, 0.4) is 0 Å². The molecule has 1 aliphatic heterocycles. The molecule has 1 aromatic heterocycles. The maximum absolute atomic E-state index is 12.8. The number of aromatic nitrogens is 1. The van der Waals surface area contributed by atoms with Crippen molar-refractivity contribution < 1.29 is 9.31 Å². The van der Waals surface area contributed by atoms with Crippen LogP contribution in [0, 0.1) is 10.1 Å². The van der Waals surface area contributed by atoms with E-state index >= 15 is 0 Å². The van der Waals surface area contributed by atoms with Crippen molar-refractivity contribution in [3.05, 3.63) is 45.6 Å². The number of alkyl halides is 1. The Kier molecular flexibility index (Phi) is 4.26. The Hall–Kier alpha value is -2.12. The van der Waals surface area contributed by atoms with Crippen LogP contribution in [-0.2, 0) is 6.42 Å². The van der Waals surface area contributed by atoms with Gasteiger partial charge in [0.15, 0.2) is 0 Å². The second-order valence-electron chi connectivity index (χ2n) is 5.27. The minimum Gasteiger partial charge on any atom is -0.314 e. The van der Waals surface area contributed by atoms with E-state index in [9.17, 15) is 14.5 Å². The van der Waals surface area contributed by atoms with Gasteiger partial charge in [-0.15, -0.1) is 0 Å². The number of nitro benzene ring substituents is 1. The van der Waals surface area contributed by atoms with E-state index in [4.69, 9.17) is 0 Å². The van der Waals surface area contributed by atoms with Crippen LogP contribution < -0.4 is 10.6 Å². The molecule has 0 amide bonds. The van der Waals surface area contributed by atoms with Gasteiger partial charge in [-0.2, -0.15) is 0 Å². The molecule has 1 aliphatic rings. The minimum absolute atomic E-state index is 0.0257. The highest BCUT2D eigenvalue weighted by molar-refractivity contribution is 5.86. The lowest BCUT2D eigenvalue weighted by atomic mass is 10.0. The molecule has 2 aromatic rings. The lowest BCUT2D eigenvalue weighted by Gasteiger charge is -2.24. The highest BCUT2D eigenvalue weighted by Gasteiger charge is 2.20. The highest BCUT2D eigenvalue weighted by atomic mass is 19.1. The zero-order valence-corrected chi connectivity index (χ0v) is 12.0. The van der Waals surface area contributed by atoms with Crippen molar-refractivity contribution >= 4 is 16.6 Å². The van der Waals surface area contributed by atoms with Crippen molar-refractivity contribution in [1.82, 2.24) is 15.6 Å². The van der Waals surface area contributed by atoms with Crippen molar-refractivity contribution in [2.45, 2.75) is 12.5 Å². The van der Waals surface area contributed by atoms with Crippen LogP contribution >= 0.6 is 0 Å². The lowest BCUT2D eigenvalue weighted by Crippen LogP contribution is -2.42. The summed E-state index contributed by atoms with van der Waals surface area (Å²) in [6.45, 7) is 1.97. The van der Waals surface area contributed by atoms with Gasteiger partial charge in [-0.05, 0) is 12.1 Å². The standard InChI is InChI=1S/C15H17FN4O2/c16-6-5-11-10-1-2-13(14-9-17-7-8-18-14)19-12(10)3-4-15(11)20(21)22/h1-4,14,17-18H,5-9H2. The average molecular weight is 304 g/mol. The summed E-state index contributed by atoms with van der Waals surface area (Å²) in [6.07, 6.45) is 0.0257. The van der Waals surface area contributed by atoms with Gasteiger partial charge in [-0.1, -0.05) is 6.07 Å². The Morgan fingerprint density at radius 2 is 2.18 bits per heavy atom. The van der Waals surface area contributed by atoms with E-state index in [1.165, 1.54) is 6.07 Å². The van der Waals surface area contributed by atoms with Crippen molar-refractivity contribution in [2.75, 3.05) is 26.3 Å².